The van der Waals surface area contributed by atoms with Gasteiger partial charge in [-0.2, -0.15) is 0 Å². The van der Waals surface area contributed by atoms with Gasteiger partial charge in [0.1, 0.15) is 29.9 Å². The fourth-order valence-electron chi connectivity index (χ4n) is 7.41. The summed E-state index contributed by atoms with van der Waals surface area (Å²) in [7, 11) is 0. The first-order valence-corrected chi connectivity index (χ1v) is 16.0. The van der Waals surface area contributed by atoms with Crippen molar-refractivity contribution in [1.29, 1.82) is 0 Å². The number of benzene rings is 1. The number of aromatic nitrogens is 6. The highest BCUT2D eigenvalue weighted by molar-refractivity contribution is 5.81. The van der Waals surface area contributed by atoms with Crippen molar-refractivity contribution in [1.82, 2.24) is 34.4 Å². The minimum atomic E-state index is -0.880. The number of nitrogen functional groups attached to an aromatic ring is 1. The van der Waals surface area contributed by atoms with Gasteiger partial charge < -0.3 is 24.9 Å². The third-order valence-corrected chi connectivity index (χ3v) is 9.81. The van der Waals surface area contributed by atoms with Gasteiger partial charge in [-0.25, -0.2) is 19.9 Å². The summed E-state index contributed by atoms with van der Waals surface area (Å²) in [6.45, 7) is 16.3. The molecular weight excluding hydrogens is 556 g/mol. The molecule has 2 aliphatic heterocycles. The Morgan fingerprint density at radius 3 is 2.70 bits per heavy atom. The summed E-state index contributed by atoms with van der Waals surface area (Å²) < 4.78 is 21.6. The number of rotatable bonds is 8. The van der Waals surface area contributed by atoms with E-state index in [1.165, 1.54) is 24.7 Å². The topological polar surface area (TPSA) is 129 Å². The van der Waals surface area contributed by atoms with Crippen LogP contribution in [0.15, 0.2) is 30.9 Å². The summed E-state index contributed by atoms with van der Waals surface area (Å²) in [6, 6.07) is 7.51. The summed E-state index contributed by atoms with van der Waals surface area (Å²) in [5.41, 5.74) is 10.0. The molecule has 5 heterocycles. The Kier molecular flexibility index (Phi) is 7.04. The number of nitrogens with zero attached hydrogens (tertiary/aromatic N) is 6. The monoisotopic (exact) mass is 602 g/mol. The van der Waals surface area contributed by atoms with Crippen molar-refractivity contribution >= 4 is 28.0 Å². The SMILES string of the molecule is CC(C)N(C[C@H]1OC[C@@]2(n3cnc4c(N)ncnc43)OC(C)(C)O[C@H]12)[C@H]1C[C@@H](CCc2nc3cc(C(C)(C)C)ccc3[nH]2)C1. The van der Waals surface area contributed by atoms with Gasteiger partial charge >= 0.3 is 0 Å². The Bertz CT molecular complexity index is 1670. The highest BCUT2D eigenvalue weighted by atomic mass is 16.8. The number of anilines is 1. The molecule has 3 atom stereocenters. The Morgan fingerprint density at radius 2 is 1.95 bits per heavy atom. The van der Waals surface area contributed by atoms with Crippen LogP contribution < -0.4 is 5.73 Å². The van der Waals surface area contributed by atoms with Gasteiger partial charge in [-0.05, 0) is 76.0 Å². The van der Waals surface area contributed by atoms with Gasteiger partial charge in [0.05, 0.1) is 24.0 Å². The van der Waals surface area contributed by atoms with Crippen molar-refractivity contribution in [3.05, 3.63) is 42.2 Å². The van der Waals surface area contributed by atoms with E-state index in [9.17, 15) is 0 Å². The maximum Gasteiger partial charge on any atom is 0.203 e. The van der Waals surface area contributed by atoms with Gasteiger partial charge in [-0.3, -0.25) is 9.47 Å². The predicted octanol–water partition coefficient (Wildman–Crippen LogP) is 4.91. The van der Waals surface area contributed by atoms with Gasteiger partial charge in [0.25, 0.3) is 0 Å². The quantitative estimate of drug-likeness (QED) is 0.289. The molecule has 0 bridgehead atoms. The van der Waals surface area contributed by atoms with E-state index in [0.717, 1.165) is 36.2 Å². The smallest absolute Gasteiger partial charge is 0.203 e. The predicted molar refractivity (Wildman–Crippen MR) is 169 cm³/mol. The fraction of sp³-hybridized carbons (Fsp3) is 0.636. The molecule has 0 spiro atoms. The van der Waals surface area contributed by atoms with E-state index in [4.69, 9.17) is 24.9 Å². The molecule has 3 aromatic heterocycles. The van der Waals surface area contributed by atoms with Crippen molar-refractivity contribution in [3.8, 4) is 0 Å². The third kappa shape index (κ3) is 5.07. The van der Waals surface area contributed by atoms with Crippen molar-refractivity contribution in [2.24, 2.45) is 5.92 Å². The summed E-state index contributed by atoms with van der Waals surface area (Å²) in [6.07, 6.45) is 7.17. The minimum Gasteiger partial charge on any atom is -0.382 e. The molecule has 1 aliphatic carbocycles. The van der Waals surface area contributed by atoms with Crippen LogP contribution in [0.4, 0.5) is 5.82 Å². The Hall–Kier alpha value is -3.12. The highest BCUT2D eigenvalue weighted by Crippen LogP contribution is 2.48. The summed E-state index contributed by atoms with van der Waals surface area (Å²) in [4.78, 5) is 24.2. The molecule has 2 saturated heterocycles. The standard InChI is InChI=1S/C33H46N8O3/c1-19(2)40(22-12-20(13-22)8-11-26-38-23-10-9-21(31(3,4)5)14-24(23)39-26)15-25-28-33(16-42-25,44-32(6,7)43-28)41-18-37-27-29(34)35-17-36-30(27)41/h9-10,14,17-20,22,25,28H,8,11-13,15-16H2,1-7H3,(H,38,39)(H2,34,35,36)/t20-,22+,25-,28-,33-/m1/s1. The third-order valence-electron chi connectivity index (χ3n) is 9.81. The fourth-order valence-corrected chi connectivity index (χ4v) is 7.41. The van der Waals surface area contributed by atoms with E-state index in [-0.39, 0.29) is 17.6 Å². The molecule has 44 heavy (non-hydrogen) atoms. The molecule has 7 rings (SSSR count). The maximum absolute atomic E-state index is 6.61. The van der Waals surface area contributed by atoms with Gasteiger partial charge in [-0.15, -0.1) is 0 Å². The number of nitrogens with two attached hydrogens (primary N) is 1. The largest absolute Gasteiger partial charge is 0.382 e. The summed E-state index contributed by atoms with van der Waals surface area (Å²) >= 11 is 0. The molecule has 11 nitrogen and oxygen atoms in total. The Labute approximate surface area is 258 Å². The van der Waals surface area contributed by atoms with Crippen LogP contribution >= 0.6 is 0 Å². The highest BCUT2D eigenvalue weighted by Gasteiger charge is 2.63. The maximum atomic E-state index is 6.61. The van der Waals surface area contributed by atoms with E-state index in [1.54, 1.807) is 6.33 Å². The molecule has 3 N–H and O–H groups in total. The van der Waals surface area contributed by atoms with Crippen LogP contribution in [0.25, 0.3) is 22.2 Å². The van der Waals surface area contributed by atoms with Crippen LogP contribution in [0.5, 0.6) is 0 Å². The average molecular weight is 603 g/mol. The number of imidazole rings is 2. The van der Waals surface area contributed by atoms with E-state index >= 15 is 0 Å². The number of H-pyrrole nitrogens is 1. The molecule has 11 heteroatoms. The van der Waals surface area contributed by atoms with Crippen LogP contribution in [-0.4, -0.2) is 77.6 Å². The van der Waals surface area contributed by atoms with Crippen LogP contribution in [0, 0.1) is 5.92 Å². The number of ether oxygens (including phenoxy) is 3. The number of hydrogen-bond acceptors (Lipinski definition) is 9. The van der Waals surface area contributed by atoms with Crippen LogP contribution in [0.1, 0.15) is 79.1 Å². The van der Waals surface area contributed by atoms with Gasteiger partial charge in [0.15, 0.2) is 17.3 Å². The number of aromatic amines is 1. The lowest BCUT2D eigenvalue weighted by Gasteiger charge is -2.46. The lowest BCUT2D eigenvalue weighted by molar-refractivity contribution is -0.206. The van der Waals surface area contributed by atoms with Crippen molar-refractivity contribution in [2.45, 2.75) is 115 Å². The zero-order valence-electron chi connectivity index (χ0n) is 27.0. The lowest BCUT2D eigenvalue weighted by atomic mass is 9.76. The van der Waals surface area contributed by atoms with E-state index < -0.39 is 11.5 Å². The molecule has 236 valence electrons. The lowest BCUT2D eigenvalue weighted by Crippen LogP contribution is -2.53. The second-order valence-electron chi connectivity index (χ2n) is 14.8. The molecular formula is C33H46N8O3. The van der Waals surface area contributed by atoms with Crippen LogP contribution in [-0.2, 0) is 31.8 Å². The van der Waals surface area contributed by atoms with E-state index in [0.29, 0.717) is 41.6 Å². The van der Waals surface area contributed by atoms with E-state index in [2.05, 4.69) is 77.7 Å². The second kappa shape index (κ2) is 10.5. The second-order valence-corrected chi connectivity index (χ2v) is 14.8. The Balaban J connectivity index is 1.01. The molecule has 1 saturated carbocycles. The van der Waals surface area contributed by atoms with Gasteiger partial charge in [-0.1, -0.05) is 26.8 Å². The van der Waals surface area contributed by atoms with Crippen molar-refractivity contribution in [2.75, 3.05) is 18.9 Å². The first-order valence-electron chi connectivity index (χ1n) is 16.0. The van der Waals surface area contributed by atoms with Gasteiger partial charge in [0, 0.05) is 25.0 Å². The number of hydrogen-bond donors (Lipinski definition) is 2. The molecule has 1 aromatic carbocycles. The minimum absolute atomic E-state index is 0.117. The molecule has 0 radical (unpaired) electrons. The molecule has 0 amide bonds. The zero-order valence-corrected chi connectivity index (χ0v) is 27.0. The zero-order chi connectivity index (χ0) is 31.0. The van der Waals surface area contributed by atoms with E-state index in [1.807, 2.05) is 18.4 Å². The molecule has 4 aromatic rings. The van der Waals surface area contributed by atoms with Crippen LogP contribution in [0.3, 0.4) is 0 Å². The molecule has 3 aliphatic rings. The average Bonchev–Trinajstić information content (AvgIpc) is 3.67. The molecule has 3 fully saturated rings. The van der Waals surface area contributed by atoms with Crippen LogP contribution in [0.2, 0.25) is 0 Å². The summed E-state index contributed by atoms with van der Waals surface area (Å²) in [5, 5.41) is 0. The first kappa shape index (κ1) is 29.6. The first-order chi connectivity index (χ1) is 20.8. The number of fused-ring (bicyclic) bond motifs is 3. The number of nitrogens with one attached hydrogen (secondary N) is 1. The van der Waals surface area contributed by atoms with Crippen molar-refractivity contribution in [3.63, 3.8) is 0 Å². The normalized spacial score (nSPS) is 28.4. The summed E-state index contributed by atoms with van der Waals surface area (Å²) in [5.74, 6) is 1.34. The Morgan fingerprint density at radius 1 is 1.16 bits per heavy atom. The number of aryl methyl sites for hydroxylation is 1. The van der Waals surface area contributed by atoms with Gasteiger partial charge in [0.2, 0.25) is 5.72 Å². The molecule has 0 unspecified atom stereocenters. The van der Waals surface area contributed by atoms with Crippen molar-refractivity contribution < 1.29 is 14.2 Å².